The Balaban J connectivity index is 1.38. The average Bonchev–Trinajstić information content (AvgIpc) is 3.60. The maximum atomic E-state index is 13.7. The number of pyridine rings is 1. The Morgan fingerprint density at radius 2 is 1.82 bits per heavy atom. The summed E-state index contributed by atoms with van der Waals surface area (Å²) in [6.07, 6.45) is 2.14. The van der Waals surface area contributed by atoms with E-state index in [0.717, 1.165) is 62.1 Å². The summed E-state index contributed by atoms with van der Waals surface area (Å²) < 4.78 is 7.75. The SMILES string of the molecule is Cc1ccc(C)c(N2CCN([C@H](c3cc4cc(C)cc(C)c4[nH]c3=O)c3nnnn3C[C@@H]3CCCO3)CC2)c1. The van der Waals surface area contributed by atoms with Gasteiger partial charge >= 0.3 is 0 Å². The molecule has 0 saturated carbocycles. The number of aryl methyl sites for hydroxylation is 4. The molecule has 6 rings (SSSR count). The maximum Gasteiger partial charge on any atom is 0.253 e. The smallest absolute Gasteiger partial charge is 0.253 e. The largest absolute Gasteiger partial charge is 0.376 e. The molecule has 0 aliphatic carbocycles. The molecule has 0 spiro atoms. The van der Waals surface area contributed by atoms with Gasteiger partial charge in [0.05, 0.1) is 18.2 Å². The molecule has 4 aromatic rings. The second-order valence-corrected chi connectivity index (χ2v) is 11.2. The van der Waals surface area contributed by atoms with E-state index >= 15 is 0 Å². The lowest BCUT2D eigenvalue weighted by Gasteiger charge is -2.40. The Hall–Kier alpha value is -3.56. The summed E-state index contributed by atoms with van der Waals surface area (Å²) in [7, 11) is 0. The number of piperazine rings is 1. The van der Waals surface area contributed by atoms with Crippen LogP contribution < -0.4 is 10.5 Å². The minimum atomic E-state index is -0.365. The molecule has 204 valence electrons. The first kappa shape index (κ1) is 25.7. The Morgan fingerprint density at radius 3 is 2.59 bits per heavy atom. The second-order valence-electron chi connectivity index (χ2n) is 11.2. The molecular weight excluding hydrogens is 490 g/mol. The standard InChI is InChI=1S/C30H37N7O2/c1-19-7-8-21(3)26(16-19)35-9-11-36(12-10-35)28(29-32-33-34-37(29)18-24-6-5-13-39-24)25-17-23-15-20(2)14-22(4)27(23)31-30(25)38/h7-8,14-17,24,28H,5-6,9-13,18H2,1-4H3,(H,31,38)/t24-,28+/m0/s1. The summed E-state index contributed by atoms with van der Waals surface area (Å²) in [5, 5.41) is 14.0. The van der Waals surface area contributed by atoms with Gasteiger partial charge in [0, 0.05) is 44.0 Å². The first-order valence-corrected chi connectivity index (χ1v) is 14.0. The van der Waals surface area contributed by atoms with E-state index < -0.39 is 0 Å². The Kier molecular flexibility index (Phi) is 6.95. The van der Waals surface area contributed by atoms with Crippen LogP contribution in [0, 0.1) is 27.7 Å². The van der Waals surface area contributed by atoms with Crippen molar-refractivity contribution in [2.45, 2.75) is 59.2 Å². The third-order valence-corrected chi connectivity index (χ3v) is 8.21. The monoisotopic (exact) mass is 527 g/mol. The first-order chi connectivity index (χ1) is 18.9. The molecule has 39 heavy (non-hydrogen) atoms. The highest BCUT2D eigenvalue weighted by Crippen LogP contribution is 2.31. The minimum absolute atomic E-state index is 0.0919. The van der Waals surface area contributed by atoms with E-state index in [9.17, 15) is 4.79 Å². The number of nitrogens with one attached hydrogen (secondary N) is 1. The van der Waals surface area contributed by atoms with Gasteiger partial charge in [-0.05, 0) is 91.2 Å². The fraction of sp³-hybridized carbons (Fsp3) is 0.467. The van der Waals surface area contributed by atoms with E-state index in [0.29, 0.717) is 17.9 Å². The van der Waals surface area contributed by atoms with Crippen LogP contribution in [-0.2, 0) is 11.3 Å². The number of anilines is 1. The number of tetrazole rings is 1. The highest BCUT2D eigenvalue weighted by atomic mass is 16.5. The fourth-order valence-electron chi connectivity index (χ4n) is 6.21. The minimum Gasteiger partial charge on any atom is -0.376 e. The van der Waals surface area contributed by atoms with Crippen LogP contribution in [0.4, 0.5) is 5.69 Å². The summed E-state index contributed by atoms with van der Waals surface area (Å²) in [4.78, 5) is 21.7. The third-order valence-electron chi connectivity index (χ3n) is 8.21. The first-order valence-electron chi connectivity index (χ1n) is 14.0. The molecular formula is C30H37N7O2. The van der Waals surface area contributed by atoms with Gasteiger partial charge < -0.3 is 14.6 Å². The van der Waals surface area contributed by atoms with Crippen molar-refractivity contribution in [2.75, 3.05) is 37.7 Å². The summed E-state index contributed by atoms with van der Waals surface area (Å²) in [6, 6.07) is 12.5. The fourth-order valence-corrected chi connectivity index (χ4v) is 6.21. The number of hydrogen-bond acceptors (Lipinski definition) is 7. The van der Waals surface area contributed by atoms with Crippen molar-refractivity contribution in [1.82, 2.24) is 30.1 Å². The molecule has 2 atom stereocenters. The Labute approximate surface area is 228 Å². The molecule has 0 bridgehead atoms. The van der Waals surface area contributed by atoms with Crippen LogP contribution >= 0.6 is 0 Å². The van der Waals surface area contributed by atoms with Crippen LogP contribution in [-0.4, -0.2) is 69.0 Å². The number of ether oxygens (including phenoxy) is 1. The number of hydrogen-bond donors (Lipinski definition) is 1. The predicted octanol–water partition coefficient (Wildman–Crippen LogP) is 3.84. The summed E-state index contributed by atoms with van der Waals surface area (Å²) in [5.74, 6) is 0.694. The zero-order chi connectivity index (χ0) is 27.1. The molecule has 2 saturated heterocycles. The van der Waals surface area contributed by atoms with Crippen molar-refractivity contribution >= 4 is 16.6 Å². The number of aromatic amines is 1. The third kappa shape index (κ3) is 5.08. The van der Waals surface area contributed by atoms with Gasteiger partial charge in [0.2, 0.25) is 0 Å². The number of benzene rings is 2. The molecule has 0 amide bonds. The lowest BCUT2D eigenvalue weighted by molar-refractivity contribution is 0.0906. The summed E-state index contributed by atoms with van der Waals surface area (Å²) in [5.41, 5.74) is 7.52. The molecule has 2 aromatic carbocycles. The maximum absolute atomic E-state index is 13.7. The molecule has 9 heteroatoms. The van der Waals surface area contributed by atoms with Gasteiger partial charge in [0.25, 0.3) is 5.56 Å². The Bertz CT molecular complexity index is 1540. The molecule has 0 radical (unpaired) electrons. The number of nitrogens with zero attached hydrogens (tertiary/aromatic N) is 6. The molecule has 0 unspecified atom stereocenters. The van der Waals surface area contributed by atoms with Gasteiger partial charge in [0.1, 0.15) is 6.04 Å². The predicted molar refractivity (Wildman–Crippen MR) is 152 cm³/mol. The van der Waals surface area contributed by atoms with Crippen molar-refractivity contribution in [3.05, 3.63) is 80.4 Å². The highest BCUT2D eigenvalue weighted by molar-refractivity contribution is 5.83. The zero-order valence-electron chi connectivity index (χ0n) is 23.3. The highest BCUT2D eigenvalue weighted by Gasteiger charge is 2.34. The van der Waals surface area contributed by atoms with Crippen molar-refractivity contribution in [3.63, 3.8) is 0 Å². The topological polar surface area (TPSA) is 92.2 Å². The van der Waals surface area contributed by atoms with Crippen molar-refractivity contribution in [2.24, 2.45) is 0 Å². The molecule has 9 nitrogen and oxygen atoms in total. The van der Waals surface area contributed by atoms with E-state index in [-0.39, 0.29) is 17.7 Å². The molecule has 2 aromatic heterocycles. The van der Waals surface area contributed by atoms with Gasteiger partial charge in [-0.2, -0.15) is 0 Å². The van der Waals surface area contributed by atoms with Crippen LogP contribution in [0.2, 0.25) is 0 Å². The van der Waals surface area contributed by atoms with Crippen LogP contribution in [0.25, 0.3) is 10.9 Å². The quantitative estimate of drug-likeness (QED) is 0.407. The lowest BCUT2D eigenvalue weighted by Crippen LogP contribution is -2.49. The van der Waals surface area contributed by atoms with E-state index in [1.165, 1.54) is 22.4 Å². The van der Waals surface area contributed by atoms with Crippen LogP contribution in [0.15, 0.2) is 41.2 Å². The Morgan fingerprint density at radius 1 is 1.00 bits per heavy atom. The van der Waals surface area contributed by atoms with E-state index in [1.54, 1.807) is 0 Å². The number of aromatic nitrogens is 5. The van der Waals surface area contributed by atoms with Gasteiger partial charge in [-0.15, -0.1) is 5.10 Å². The number of H-pyrrole nitrogens is 1. The van der Waals surface area contributed by atoms with Crippen LogP contribution in [0.3, 0.4) is 0 Å². The van der Waals surface area contributed by atoms with Crippen LogP contribution in [0.5, 0.6) is 0 Å². The number of fused-ring (bicyclic) bond motifs is 1. The van der Waals surface area contributed by atoms with Gasteiger partial charge in [-0.25, -0.2) is 4.68 Å². The summed E-state index contributed by atoms with van der Waals surface area (Å²) >= 11 is 0. The van der Waals surface area contributed by atoms with Crippen molar-refractivity contribution in [1.29, 1.82) is 0 Å². The molecule has 2 aliphatic rings. The van der Waals surface area contributed by atoms with E-state index in [2.05, 4.69) is 81.4 Å². The van der Waals surface area contributed by atoms with Crippen LogP contribution in [0.1, 0.15) is 52.5 Å². The van der Waals surface area contributed by atoms with Crippen molar-refractivity contribution in [3.8, 4) is 0 Å². The van der Waals surface area contributed by atoms with E-state index in [4.69, 9.17) is 4.74 Å². The van der Waals surface area contributed by atoms with Gasteiger partial charge in [0.15, 0.2) is 5.82 Å². The molecule has 1 N–H and O–H groups in total. The molecule has 2 fully saturated rings. The lowest BCUT2D eigenvalue weighted by atomic mass is 10.00. The normalized spacial score (nSPS) is 19.2. The molecule has 4 heterocycles. The molecule has 2 aliphatic heterocycles. The van der Waals surface area contributed by atoms with Gasteiger partial charge in [-0.1, -0.05) is 23.8 Å². The summed E-state index contributed by atoms with van der Waals surface area (Å²) in [6.45, 7) is 13.1. The zero-order valence-corrected chi connectivity index (χ0v) is 23.3. The van der Waals surface area contributed by atoms with Gasteiger partial charge in [-0.3, -0.25) is 9.69 Å². The number of rotatable bonds is 6. The van der Waals surface area contributed by atoms with E-state index in [1.807, 2.05) is 17.7 Å². The van der Waals surface area contributed by atoms with Crippen molar-refractivity contribution < 1.29 is 4.74 Å². The average molecular weight is 528 g/mol. The second kappa shape index (κ2) is 10.5.